The van der Waals surface area contributed by atoms with Crippen LogP contribution in [0, 0.1) is 5.82 Å². The summed E-state index contributed by atoms with van der Waals surface area (Å²) in [6.45, 7) is 0. The largest absolute Gasteiger partial charge is 0.381 e. The molecule has 0 bridgehead atoms. The first-order chi connectivity index (χ1) is 8.06. The minimum atomic E-state index is -0.415. The van der Waals surface area contributed by atoms with E-state index in [1.807, 2.05) is 0 Å². The summed E-state index contributed by atoms with van der Waals surface area (Å²) in [4.78, 5) is 0. The van der Waals surface area contributed by atoms with Crippen molar-refractivity contribution >= 4 is 17.3 Å². The molecule has 0 heterocycles. The molecular weight excluding hydrogens is 241 g/mol. The Balaban J connectivity index is 2.06. The lowest BCUT2D eigenvalue weighted by Gasteiger charge is -2.33. The van der Waals surface area contributed by atoms with Crippen molar-refractivity contribution in [3.63, 3.8) is 0 Å². The smallest absolute Gasteiger partial charge is 0.141 e. The average molecular weight is 258 g/mol. The number of benzene rings is 1. The molecule has 5 N–H and O–H groups in total. The summed E-state index contributed by atoms with van der Waals surface area (Å²) in [7, 11) is 0. The Morgan fingerprint density at radius 2 is 2.06 bits per heavy atom. The van der Waals surface area contributed by atoms with Crippen molar-refractivity contribution in [3.05, 3.63) is 29.0 Å². The van der Waals surface area contributed by atoms with E-state index in [2.05, 4.69) is 5.32 Å². The van der Waals surface area contributed by atoms with Gasteiger partial charge in [0.05, 0.1) is 5.02 Å². The van der Waals surface area contributed by atoms with Crippen LogP contribution in [0.2, 0.25) is 5.02 Å². The van der Waals surface area contributed by atoms with Gasteiger partial charge in [0.25, 0.3) is 0 Å². The fraction of sp³-hybridized carbons (Fsp3) is 0.500. The van der Waals surface area contributed by atoms with E-state index in [1.165, 1.54) is 6.07 Å². The summed E-state index contributed by atoms with van der Waals surface area (Å²) >= 11 is 5.73. The number of hydrogen-bond acceptors (Lipinski definition) is 3. The normalized spacial score (nSPS) is 29.1. The Bertz CT molecular complexity index is 399. The van der Waals surface area contributed by atoms with E-state index < -0.39 is 5.82 Å². The predicted octanol–water partition coefficient (Wildman–Crippen LogP) is 2.10. The molecule has 1 saturated carbocycles. The van der Waals surface area contributed by atoms with Crippen molar-refractivity contribution in [2.45, 2.75) is 37.4 Å². The van der Waals surface area contributed by atoms with Gasteiger partial charge in [-0.25, -0.2) is 4.39 Å². The van der Waals surface area contributed by atoms with Crippen LogP contribution in [0.15, 0.2) is 18.2 Å². The zero-order valence-corrected chi connectivity index (χ0v) is 10.3. The molecule has 1 fully saturated rings. The van der Waals surface area contributed by atoms with Crippen molar-refractivity contribution < 1.29 is 4.39 Å². The summed E-state index contributed by atoms with van der Waals surface area (Å²) in [5.74, 6) is -0.415. The monoisotopic (exact) mass is 257 g/mol. The molecule has 3 nitrogen and oxygen atoms in total. The van der Waals surface area contributed by atoms with Gasteiger partial charge in [-0.3, -0.25) is 0 Å². The molecule has 0 amide bonds. The van der Waals surface area contributed by atoms with Gasteiger partial charge in [0.1, 0.15) is 5.82 Å². The topological polar surface area (TPSA) is 64.1 Å². The van der Waals surface area contributed by atoms with Crippen LogP contribution >= 0.6 is 11.6 Å². The molecule has 1 aromatic rings. The summed E-state index contributed by atoms with van der Waals surface area (Å²) in [6.07, 6.45) is 2.70. The molecule has 0 aromatic heterocycles. The van der Waals surface area contributed by atoms with Gasteiger partial charge in [0, 0.05) is 23.8 Å². The Morgan fingerprint density at radius 3 is 2.76 bits per heavy atom. The Labute approximate surface area is 105 Å². The maximum Gasteiger partial charge on any atom is 0.141 e. The van der Waals surface area contributed by atoms with Crippen molar-refractivity contribution in [2.75, 3.05) is 5.32 Å². The molecule has 1 aliphatic rings. The lowest BCUT2D eigenvalue weighted by atomic mass is 9.87. The summed E-state index contributed by atoms with van der Waals surface area (Å²) < 4.78 is 13.0. The van der Waals surface area contributed by atoms with E-state index in [4.69, 9.17) is 23.1 Å². The second-order valence-corrected chi connectivity index (χ2v) is 5.02. The van der Waals surface area contributed by atoms with Crippen molar-refractivity contribution in [1.29, 1.82) is 0 Å². The zero-order chi connectivity index (χ0) is 12.4. The fourth-order valence-electron chi connectivity index (χ4n) is 2.19. The highest BCUT2D eigenvalue weighted by atomic mass is 35.5. The first-order valence-electron chi connectivity index (χ1n) is 5.79. The van der Waals surface area contributed by atoms with Crippen LogP contribution in [0.3, 0.4) is 0 Å². The number of halogens is 2. The molecule has 17 heavy (non-hydrogen) atoms. The third-order valence-electron chi connectivity index (χ3n) is 3.22. The van der Waals surface area contributed by atoms with E-state index in [0.29, 0.717) is 0 Å². The van der Waals surface area contributed by atoms with Crippen LogP contribution in [0.25, 0.3) is 0 Å². The summed E-state index contributed by atoms with van der Waals surface area (Å²) in [6, 6.07) is 4.97. The van der Waals surface area contributed by atoms with Crippen molar-refractivity contribution in [1.82, 2.24) is 0 Å². The van der Waals surface area contributed by atoms with Crippen LogP contribution in [0.1, 0.15) is 19.3 Å². The SMILES string of the molecule is NC1CCC(N)C(Nc2ccc(F)c(Cl)c2)C1. The van der Waals surface area contributed by atoms with Crippen molar-refractivity contribution in [3.8, 4) is 0 Å². The van der Waals surface area contributed by atoms with Gasteiger partial charge in [-0.15, -0.1) is 0 Å². The van der Waals surface area contributed by atoms with Gasteiger partial charge in [0.2, 0.25) is 0 Å². The van der Waals surface area contributed by atoms with Gasteiger partial charge < -0.3 is 16.8 Å². The molecule has 94 valence electrons. The number of nitrogens with two attached hydrogens (primary N) is 2. The van der Waals surface area contributed by atoms with E-state index in [1.54, 1.807) is 12.1 Å². The highest BCUT2D eigenvalue weighted by Gasteiger charge is 2.26. The summed E-state index contributed by atoms with van der Waals surface area (Å²) in [5, 5.41) is 3.39. The molecule has 1 aromatic carbocycles. The maximum atomic E-state index is 13.0. The standard InChI is InChI=1S/C12H17ClFN3/c13-9-6-8(2-3-10(9)14)17-12-5-7(15)1-4-11(12)16/h2-3,6-7,11-12,17H,1,4-5,15-16H2. The fourth-order valence-corrected chi connectivity index (χ4v) is 2.37. The van der Waals surface area contributed by atoms with E-state index in [0.717, 1.165) is 24.9 Å². The van der Waals surface area contributed by atoms with E-state index in [-0.39, 0.29) is 23.1 Å². The van der Waals surface area contributed by atoms with Gasteiger partial charge in [-0.05, 0) is 37.5 Å². The van der Waals surface area contributed by atoms with Crippen LogP contribution < -0.4 is 16.8 Å². The molecular formula is C12H17ClFN3. The highest BCUT2D eigenvalue weighted by molar-refractivity contribution is 6.31. The Hall–Kier alpha value is -0.840. The predicted molar refractivity (Wildman–Crippen MR) is 68.6 cm³/mol. The second kappa shape index (κ2) is 5.21. The molecule has 0 saturated heterocycles. The van der Waals surface area contributed by atoms with Gasteiger partial charge in [-0.1, -0.05) is 11.6 Å². The van der Waals surface area contributed by atoms with Crippen LogP contribution in [0.4, 0.5) is 10.1 Å². The molecule has 1 aliphatic carbocycles. The Morgan fingerprint density at radius 1 is 1.29 bits per heavy atom. The molecule has 0 aliphatic heterocycles. The average Bonchev–Trinajstić information content (AvgIpc) is 2.29. The summed E-state index contributed by atoms with van der Waals surface area (Å²) in [5.41, 5.74) is 12.7. The number of rotatable bonds is 2. The second-order valence-electron chi connectivity index (χ2n) is 4.62. The zero-order valence-electron chi connectivity index (χ0n) is 9.50. The minimum absolute atomic E-state index is 0.0821. The molecule has 3 atom stereocenters. The van der Waals surface area contributed by atoms with Gasteiger partial charge in [0.15, 0.2) is 0 Å². The Kier molecular flexibility index (Phi) is 3.86. The molecule has 5 heteroatoms. The quantitative estimate of drug-likeness (QED) is 0.760. The van der Waals surface area contributed by atoms with Crippen LogP contribution in [0.5, 0.6) is 0 Å². The number of hydrogen-bond donors (Lipinski definition) is 3. The maximum absolute atomic E-state index is 13.0. The van der Waals surface area contributed by atoms with Gasteiger partial charge >= 0.3 is 0 Å². The van der Waals surface area contributed by atoms with E-state index in [9.17, 15) is 4.39 Å². The van der Waals surface area contributed by atoms with E-state index >= 15 is 0 Å². The highest BCUT2D eigenvalue weighted by Crippen LogP contribution is 2.24. The molecule has 0 spiro atoms. The van der Waals surface area contributed by atoms with Gasteiger partial charge in [-0.2, -0.15) is 0 Å². The minimum Gasteiger partial charge on any atom is -0.381 e. The first kappa shape index (κ1) is 12.6. The third kappa shape index (κ3) is 3.09. The third-order valence-corrected chi connectivity index (χ3v) is 3.51. The van der Waals surface area contributed by atoms with Crippen LogP contribution in [-0.2, 0) is 0 Å². The number of nitrogens with one attached hydrogen (secondary N) is 1. The molecule has 0 radical (unpaired) electrons. The molecule has 3 unspecified atom stereocenters. The lowest BCUT2D eigenvalue weighted by Crippen LogP contribution is -2.48. The first-order valence-corrected chi connectivity index (χ1v) is 6.17. The molecule has 2 rings (SSSR count). The lowest BCUT2D eigenvalue weighted by molar-refractivity contribution is 0.364. The number of anilines is 1. The van der Waals surface area contributed by atoms with Crippen LogP contribution in [-0.4, -0.2) is 18.1 Å². The van der Waals surface area contributed by atoms with Crippen molar-refractivity contribution in [2.24, 2.45) is 11.5 Å².